The van der Waals surface area contributed by atoms with Crippen molar-refractivity contribution in [1.29, 1.82) is 0 Å². The fraction of sp³-hybridized carbons (Fsp3) is 0.636. The summed E-state index contributed by atoms with van der Waals surface area (Å²) in [6, 6.07) is 9.76. The number of rotatable bonds is 2. The molecule has 27 heavy (non-hydrogen) atoms. The molecule has 5 nitrogen and oxygen atoms in total. The highest BCUT2D eigenvalue weighted by atomic mass is 16.2. The van der Waals surface area contributed by atoms with E-state index in [1.54, 1.807) is 0 Å². The SMILES string of the molecule is CC1(C)CN(C(=O)c2ccccc2)C[C@@H]2CN(C(=O)C3CCCC3)CCN21. The number of piperazine rings is 2. The average molecular weight is 370 g/mol. The van der Waals surface area contributed by atoms with Crippen molar-refractivity contribution in [2.24, 2.45) is 5.92 Å². The van der Waals surface area contributed by atoms with Gasteiger partial charge in [0.2, 0.25) is 5.91 Å². The van der Waals surface area contributed by atoms with Crippen LogP contribution in [0.2, 0.25) is 0 Å². The van der Waals surface area contributed by atoms with Gasteiger partial charge in [-0.2, -0.15) is 0 Å². The van der Waals surface area contributed by atoms with E-state index < -0.39 is 0 Å². The zero-order chi connectivity index (χ0) is 19.0. The zero-order valence-electron chi connectivity index (χ0n) is 16.6. The van der Waals surface area contributed by atoms with E-state index >= 15 is 0 Å². The first-order valence-electron chi connectivity index (χ1n) is 10.4. The van der Waals surface area contributed by atoms with Gasteiger partial charge in [-0.25, -0.2) is 0 Å². The van der Waals surface area contributed by atoms with Crippen molar-refractivity contribution in [3.63, 3.8) is 0 Å². The van der Waals surface area contributed by atoms with Crippen molar-refractivity contribution in [2.75, 3.05) is 32.7 Å². The molecular weight excluding hydrogens is 338 g/mol. The molecule has 0 spiro atoms. The molecular formula is C22H31N3O2. The fourth-order valence-corrected chi connectivity index (χ4v) is 5.23. The molecule has 3 aliphatic rings. The second-order valence-electron chi connectivity index (χ2n) is 8.98. The predicted octanol–water partition coefficient (Wildman–Crippen LogP) is 2.62. The molecule has 2 amide bonds. The molecule has 1 atom stereocenters. The second kappa shape index (κ2) is 7.27. The molecule has 1 aromatic carbocycles. The maximum Gasteiger partial charge on any atom is 0.253 e. The Morgan fingerprint density at radius 1 is 0.963 bits per heavy atom. The van der Waals surface area contributed by atoms with E-state index in [1.165, 1.54) is 12.8 Å². The first kappa shape index (κ1) is 18.5. The third-order valence-corrected chi connectivity index (χ3v) is 6.59. The van der Waals surface area contributed by atoms with E-state index in [4.69, 9.17) is 0 Å². The highest BCUT2D eigenvalue weighted by molar-refractivity contribution is 5.94. The van der Waals surface area contributed by atoms with Gasteiger partial charge in [-0.15, -0.1) is 0 Å². The largest absolute Gasteiger partial charge is 0.340 e. The first-order chi connectivity index (χ1) is 13.0. The molecule has 0 aromatic heterocycles. The van der Waals surface area contributed by atoms with Crippen LogP contribution in [0.4, 0.5) is 0 Å². The summed E-state index contributed by atoms with van der Waals surface area (Å²) in [7, 11) is 0. The lowest BCUT2D eigenvalue weighted by Crippen LogP contribution is -2.70. The standard InChI is InChI=1S/C22H31N3O2/c1-22(2)16-24(21(27)18-8-4-3-5-9-18)15-19-14-23(12-13-25(19)22)20(26)17-10-6-7-11-17/h3-5,8-9,17,19H,6-7,10-16H2,1-2H3/t19-/m0/s1. The highest BCUT2D eigenvalue weighted by Crippen LogP contribution is 2.31. The van der Waals surface area contributed by atoms with Crippen LogP contribution in [0.15, 0.2) is 30.3 Å². The first-order valence-corrected chi connectivity index (χ1v) is 10.4. The lowest BCUT2D eigenvalue weighted by Gasteiger charge is -2.55. The molecule has 0 N–H and O–H groups in total. The van der Waals surface area contributed by atoms with Gasteiger partial charge in [0.15, 0.2) is 0 Å². The van der Waals surface area contributed by atoms with Crippen LogP contribution < -0.4 is 0 Å². The Morgan fingerprint density at radius 3 is 2.33 bits per heavy atom. The molecule has 0 bridgehead atoms. The van der Waals surface area contributed by atoms with Crippen LogP contribution in [0, 0.1) is 5.92 Å². The van der Waals surface area contributed by atoms with Gasteiger partial charge >= 0.3 is 0 Å². The molecule has 146 valence electrons. The molecule has 1 aliphatic carbocycles. The van der Waals surface area contributed by atoms with Gasteiger partial charge in [0.05, 0.1) is 0 Å². The number of amides is 2. The van der Waals surface area contributed by atoms with Gasteiger partial charge in [-0.3, -0.25) is 14.5 Å². The summed E-state index contributed by atoms with van der Waals surface area (Å²) in [5.41, 5.74) is 0.673. The molecule has 4 rings (SSSR count). The Kier molecular flexibility index (Phi) is 4.97. The summed E-state index contributed by atoms with van der Waals surface area (Å²) in [5, 5.41) is 0. The monoisotopic (exact) mass is 369 g/mol. The Bertz CT molecular complexity index is 697. The van der Waals surface area contributed by atoms with Gasteiger partial charge < -0.3 is 9.80 Å². The molecule has 1 saturated carbocycles. The van der Waals surface area contributed by atoms with Crippen molar-refractivity contribution in [3.05, 3.63) is 35.9 Å². The normalized spacial score (nSPS) is 26.1. The number of carbonyl (C=O) groups is 2. The number of hydrogen-bond acceptors (Lipinski definition) is 3. The van der Waals surface area contributed by atoms with E-state index in [0.717, 1.165) is 44.6 Å². The Balaban J connectivity index is 1.49. The number of hydrogen-bond donors (Lipinski definition) is 0. The van der Waals surface area contributed by atoms with Crippen LogP contribution in [0.5, 0.6) is 0 Å². The summed E-state index contributed by atoms with van der Waals surface area (Å²) in [5.74, 6) is 0.675. The summed E-state index contributed by atoms with van der Waals surface area (Å²) >= 11 is 0. The van der Waals surface area contributed by atoms with E-state index in [0.29, 0.717) is 12.5 Å². The Labute approximate surface area is 162 Å². The van der Waals surface area contributed by atoms with Crippen LogP contribution in [0.1, 0.15) is 49.9 Å². The minimum absolute atomic E-state index is 0.0736. The van der Waals surface area contributed by atoms with Crippen molar-refractivity contribution < 1.29 is 9.59 Å². The highest BCUT2D eigenvalue weighted by Gasteiger charge is 2.45. The van der Waals surface area contributed by atoms with E-state index in [9.17, 15) is 9.59 Å². The Morgan fingerprint density at radius 2 is 1.63 bits per heavy atom. The minimum atomic E-state index is -0.0736. The minimum Gasteiger partial charge on any atom is -0.340 e. The predicted molar refractivity (Wildman–Crippen MR) is 105 cm³/mol. The van der Waals surface area contributed by atoms with Crippen molar-refractivity contribution >= 4 is 11.8 Å². The van der Waals surface area contributed by atoms with E-state index in [-0.39, 0.29) is 23.4 Å². The van der Waals surface area contributed by atoms with E-state index in [1.807, 2.05) is 35.2 Å². The lowest BCUT2D eigenvalue weighted by molar-refractivity contribution is -0.142. The molecule has 2 heterocycles. The fourth-order valence-electron chi connectivity index (χ4n) is 5.23. The maximum atomic E-state index is 13.0. The van der Waals surface area contributed by atoms with Crippen LogP contribution in [-0.2, 0) is 4.79 Å². The van der Waals surface area contributed by atoms with Crippen molar-refractivity contribution in [2.45, 2.75) is 51.1 Å². The smallest absolute Gasteiger partial charge is 0.253 e. The molecule has 1 aromatic rings. The van der Waals surface area contributed by atoms with Gasteiger partial charge in [0.1, 0.15) is 0 Å². The van der Waals surface area contributed by atoms with Crippen LogP contribution in [0.3, 0.4) is 0 Å². The van der Waals surface area contributed by atoms with Gasteiger partial charge in [0.25, 0.3) is 5.91 Å². The summed E-state index contributed by atoms with van der Waals surface area (Å²) in [6.07, 6.45) is 4.47. The molecule has 0 unspecified atom stereocenters. The van der Waals surface area contributed by atoms with Gasteiger partial charge in [0, 0.05) is 55.8 Å². The van der Waals surface area contributed by atoms with Crippen molar-refractivity contribution in [1.82, 2.24) is 14.7 Å². The third kappa shape index (κ3) is 3.62. The summed E-state index contributed by atoms with van der Waals surface area (Å²) in [6.45, 7) is 8.35. The van der Waals surface area contributed by atoms with Crippen molar-refractivity contribution in [3.8, 4) is 0 Å². The van der Waals surface area contributed by atoms with Crippen LogP contribution in [-0.4, -0.2) is 70.8 Å². The molecule has 3 fully saturated rings. The van der Waals surface area contributed by atoms with Crippen LogP contribution in [0.25, 0.3) is 0 Å². The average Bonchev–Trinajstić information content (AvgIpc) is 3.21. The summed E-state index contributed by atoms with van der Waals surface area (Å²) in [4.78, 5) is 32.5. The van der Waals surface area contributed by atoms with Gasteiger partial charge in [-0.05, 0) is 38.8 Å². The topological polar surface area (TPSA) is 43.9 Å². The lowest BCUT2D eigenvalue weighted by atomic mass is 9.91. The van der Waals surface area contributed by atoms with E-state index in [2.05, 4.69) is 23.6 Å². The Hall–Kier alpha value is -1.88. The molecule has 2 aliphatic heterocycles. The second-order valence-corrected chi connectivity index (χ2v) is 8.98. The zero-order valence-corrected chi connectivity index (χ0v) is 16.6. The maximum absolute atomic E-state index is 13.0. The quantitative estimate of drug-likeness (QED) is 0.805. The number of benzene rings is 1. The molecule has 0 radical (unpaired) electrons. The molecule has 2 saturated heterocycles. The molecule has 5 heteroatoms. The number of nitrogens with zero attached hydrogens (tertiary/aromatic N) is 3. The number of carbonyl (C=O) groups excluding carboxylic acids is 2. The van der Waals surface area contributed by atoms with Gasteiger partial charge in [-0.1, -0.05) is 31.0 Å². The van der Waals surface area contributed by atoms with Crippen LogP contribution >= 0.6 is 0 Å². The number of fused-ring (bicyclic) bond motifs is 1. The summed E-state index contributed by atoms with van der Waals surface area (Å²) < 4.78 is 0. The third-order valence-electron chi connectivity index (χ3n) is 6.59.